The van der Waals surface area contributed by atoms with Gasteiger partial charge in [-0.15, -0.1) is 0 Å². The highest BCUT2D eigenvalue weighted by Crippen LogP contribution is 2.27. The molecule has 0 saturated heterocycles. The molecule has 2 aromatic rings. The smallest absolute Gasteiger partial charge is 0.207 e. The van der Waals surface area contributed by atoms with Gasteiger partial charge >= 0.3 is 0 Å². The van der Waals surface area contributed by atoms with Gasteiger partial charge in [0.15, 0.2) is 0 Å². The van der Waals surface area contributed by atoms with E-state index >= 15 is 0 Å². The average Bonchev–Trinajstić information content (AvgIpc) is 2.54. The number of hydrogen-bond donors (Lipinski definition) is 1. The number of benzene rings is 2. The second-order valence-corrected chi connectivity index (χ2v) is 7.47. The van der Waals surface area contributed by atoms with Crippen molar-refractivity contribution < 1.29 is 12.8 Å². The lowest BCUT2D eigenvalue weighted by molar-refractivity contribution is 0.571. The van der Waals surface area contributed by atoms with Crippen LogP contribution in [0.1, 0.15) is 36.1 Å². The van der Waals surface area contributed by atoms with Crippen LogP contribution in [0.4, 0.5) is 4.39 Å². The van der Waals surface area contributed by atoms with Crippen LogP contribution in [0.25, 0.3) is 6.08 Å². The Morgan fingerprint density at radius 2 is 1.74 bits per heavy atom. The van der Waals surface area contributed by atoms with Gasteiger partial charge in [0.05, 0.1) is 4.91 Å². The van der Waals surface area contributed by atoms with Crippen molar-refractivity contribution in [2.24, 2.45) is 0 Å². The molecule has 120 valence electrons. The number of halogens is 1. The number of hydrogen-bond acceptors (Lipinski definition) is 2. The molecule has 0 heterocycles. The summed E-state index contributed by atoms with van der Waals surface area (Å²) >= 11 is 0. The Balaban J connectivity index is 1.82. The van der Waals surface area contributed by atoms with E-state index < -0.39 is 16.1 Å². The predicted octanol–water partition coefficient (Wildman–Crippen LogP) is 3.79. The molecule has 1 unspecified atom stereocenters. The van der Waals surface area contributed by atoms with Gasteiger partial charge in [-0.3, -0.25) is 0 Å². The minimum atomic E-state index is -3.57. The Kier molecular flexibility index (Phi) is 4.33. The van der Waals surface area contributed by atoms with Crippen LogP contribution in [-0.2, 0) is 16.4 Å². The molecule has 1 aliphatic carbocycles. The minimum Gasteiger partial charge on any atom is -0.207 e. The number of sulfonamides is 1. The van der Waals surface area contributed by atoms with E-state index in [1.807, 2.05) is 24.3 Å². The Labute approximate surface area is 135 Å². The molecule has 0 saturated carbocycles. The molecular formula is C18H18FNO2S. The van der Waals surface area contributed by atoms with Crippen LogP contribution in [0, 0.1) is 5.82 Å². The summed E-state index contributed by atoms with van der Waals surface area (Å²) in [6.07, 6.45) is 2.94. The number of rotatable bonds is 4. The van der Waals surface area contributed by atoms with E-state index in [4.69, 9.17) is 0 Å². The lowest BCUT2D eigenvalue weighted by Gasteiger charge is -2.20. The zero-order chi connectivity index (χ0) is 16.4. The summed E-state index contributed by atoms with van der Waals surface area (Å²) in [5, 5.41) is 0. The van der Waals surface area contributed by atoms with Crippen LogP contribution < -0.4 is 4.72 Å². The largest absolute Gasteiger partial charge is 0.237 e. The quantitative estimate of drug-likeness (QED) is 0.926. The molecule has 0 aromatic heterocycles. The van der Waals surface area contributed by atoms with Crippen molar-refractivity contribution in [2.75, 3.05) is 0 Å². The summed E-state index contributed by atoms with van der Waals surface area (Å²) in [5.41, 5.74) is 2.85. The Bertz CT molecular complexity index is 842. The van der Waals surface area contributed by atoms with E-state index in [1.54, 1.807) is 25.1 Å². The first-order chi connectivity index (χ1) is 11.0. The number of aryl methyl sites for hydroxylation is 1. The normalized spacial score (nSPS) is 15.7. The van der Waals surface area contributed by atoms with Crippen molar-refractivity contribution >= 4 is 16.1 Å². The molecule has 0 amide bonds. The van der Waals surface area contributed by atoms with Gasteiger partial charge in [-0.2, -0.15) is 0 Å². The van der Waals surface area contributed by atoms with Gasteiger partial charge in [-0.05, 0) is 54.7 Å². The summed E-state index contributed by atoms with van der Waals surface area (Å²) in [4.78, 5) is 0.394. The van der Waals surface area contributed by atoms with E-state index in [0.717, 1.165) is 16.7 Å². The van der Waals surface area contributed by atoms with Crippen molar-refractivity contribution in [2.45, 2.75) is 25.8 Å². The maximum absolute atomic E-state index is 13.0. The standard InChI is InChI=1S/C18H18FNO2S/c1-13(14-6-9-17(19)10-7-14)20-23(21,22)18-11-8-15-4-2-3-5-16(15)12-18/h2-7,9-10,12-13,20H,8,11H2,1H3. The van der Waals surface area contributed by atoms with Crippen LogP contribution >= 0.6 is 0 Å². The van der Waals surface area contributed by atoms with E-state index in [2.05, 4.69) is 4.72 Å². The molecule has 23 heavy (non-hydrogen) atoms. The second kappa shape index (κ2) is 6.26. The molecule has 0 bridgehead atoms. The third-order valence-electron chi connectivity index (χ3n) is 4.06. The highest BCUT2D eigenvalue weighted by molar-refractivity contribution is 7.93. The molecule has 1 N–H and O–H groups in total. The molecule has 0 aliphatic heterocycles. The topological polar surface area (TPSA) is 46.2 Å². The first-order valence-corrected chi connectivity index (χ1v) is 9.00. The maximum atomic E-state index is 13.0. The van der Waals surface area contributed by atoms with Gasteiger partial charge < -0.3 is 0 Å². The van der Waals surface area contributed by atoms with Gasteiger partial charge in [0.1, 0.15) is 5.82 Å². The fourth-order valence-corrected chi connectivity index (χ4v) is 4.15. The van der Waals surface area contributed by atoms with Gasteiger partial charge in [-0.1, -0.05) is 36.4 Å². The molecule has 3 nitrogen and oxygen atoms in total. The van der Waals surface area contributed by atoms with Crippen molar-refractivity contribution in [1.82, 2.24) is 4.72 Å². The van der Waals surface area contributed by atoms with Gasteiger partial charge in [0.2, 0.25) is 10.0 Å². The molecule has 3 rings (SSSR count). The van der Waals surface area contributed by atoms with Crippen molar-refractivity contribution in [3.05, 3.63) is 75.9 Å². The second-order valence-electron chi connectivity index (χ2n) is 5.70. The molecule has 0 spiro atoms. The van der Waals surface area contributed by atoms with Crippen LogP contribution in [-0.4, -0.2) is 8.42 Å². The van der Waals surface area contributed by atoms with Gasteiger partial charge in [-0.25, -0.2) is 17.5 Å². The Morgan fingerprint density at radius 3 is 2.48 bits per heavy atom. The summed E-state index contributed by atoms with van der Waals surface area (Å²) in [6.45, 7) is 1.75. The van der Waals surface area contributed by atoms with Gasteiger partial charge in [0.25, 0.3) is 0 Å². The van der Waals surface area contributed by atoms with Crippen molar-refractivity contribution in [1.29, 1.82) is 0 Å². The van der Waals surface area contributed by atoms with Gasteiger partial charge in [0, 0.05) is 6.04 Å². The van der Waals surface area contributed by atoms with E-state index in [-0.39, 0.29) is 5.82 Å². The molecule has 1 aliphatic rings. The monoisotopic (exact) mass is 331 g/mol. The van der Waals surface area contributed by atoms with E-state index in [9.17, 15) is 12.8 Å². The lowest BCUT2D eigenvalue weighted by atomic mass is 9.98. The number of allylic oxidation sites excluding steroid dienone is 1. The predicted molar refractivity (Wildman–Crippen MR) is 89.6 cm³/mol. The molecule has 1 atom stereocenters. The van der Waals surface area contributed by atoms with Crippen molar-refractivity contribution in [3.63, 3.8) is 0 Å². The average molecular weight is 331 g/mol. The van der Waals surface area contributed by atoms with Crippen LogP contribution in [0.15, 0.2) is 53.4 Å². The number of nitrogens with one attached hydrogen (secondary N) is 1. The maximum Gasteiger partial charge on any atom is 0.237 e. The molecular weight excluding hydrogens is 313 g/mol. The van der Waals surface area contributed by atoms with Crippen molar-refractivity contribution in [3.8, 4) is 0 Å². The first-order valence-electron chi connectivity index (χ1n) is 7.52. The first kappa shape index (κ1) is 15.9. The zero-order valence-electron chi connectivity index (χ0n) is 12.8. The molecule has 2 aromatic carbocycles. The fourth-order valence-electron chi connectivity index (χ4n) is 2.75. The third kappa shape index (κ3) is 3.51. The zero-order valence-corrected chi connectivity index (χ0v) is 13.6. The molecule has 0 radical (unpaired) electrons. The summed E-state index contributed by atoms with van der Waals surface area (Å²) in [6, 6.07) is 13.2. The lowest BCUT2D eigenvalue weighted by Crippen LogP contribution is -2.28. The fraction of sp³-hybridized carbons (Fsp3) is 0.222. The Morgan fingerprint density at radius 1 is 1.04 bits per heavy atom. The SMILES string of the molecule is CC(NS(=O)(=O)C1=Cc2ccccc2CC1)c1ccc(F)cc1. The summed E-state index contributed by atoms with van der Waals surface area (Å²) in [5.74, 6) is -0.338. The van der Waals surface area contributed by atoms with Crippen LogP contribution in [0.3, 0.4) is 0 Å². The Hall–Kier alpha value is -1.98. The van der Waals surface area contributed by atoms with Crippen LogP contribution in [0.5, 0.6) is 0 Å². The third-order valence-corrected chi connectivity index (χ3v) is 5.74. The van der Waals surface area contributed by atoms with E-state index in [1.165, 1.54) is 12.1 Å². The molecule has 5 heteroatoms. The van der Waals surface area contributed by atoms with E-state index in [0.29, 0.717) is 17.7 Å². The molecule has 0 fully saturated rings. The van der Waals surface area contributed by atoms with Crippen LogP contribution in [0.2, 0.25) is 0 Å². The minimum absolute atomic E-state index is 0.338. The summed E-state index contributed by atoms with van der Waals surface area (Å²) in [7, 11) is -3.57. The highest BCUT2D eigenvalue weighted by atomic mass is 32.2. The highest BCUT2D eigenvalue weighted by Gasteiger charge is 2.23. The summed E-state index contributed by atoms with van der Waals surface area (Å²) < 4.78 is 40.8. The number of fused-ring (bicyclic) bond motifs is 1.